The first-order valence-corrected chi connectivity index (χ1v) is 7.04. The van der Waals surface area contributed by atoms with E-state index in [2.05, 4.69) is 15.8 Å². The van der Waals surface area contributed by atoms with E-state index in [4.69, 9.17) is 15.0 Å². The largest absolute Gasteiger partial charge is 0.462 e. The molecule has 0 radical (unpaired) electrons. The lowest BCUT2D eigenvalue weighted by Gasteiger charge is -2.06. The fraction of sp³-hybridized carbons (Fsp3) is 0.286. The summed E-state index contributed by atoms with van der Waals surface area (Å²) in [5, 5.41) is 8.51. The van der Waals surface area contributed by atoms with Crippen molar-refractivity contribution in [2.75, 3.05) is 11.9 Å². The number of carbonyl (C=O) groups excluding carboxylic acids is 3. The minimum atomic E-state index is -0.724. The number of rotatable bonds is 6. The van der Waals surface area contributed by atoms with Gasteiger partial charge in [-0.15, -0.1) is 0 Å². The summed E-state index contributed by atoms with van der Waals surface area (Å²) in [6, 6.07) is 0.763. The molecular weight excluding hydrogens is 318 g/mol. The Balaban J connectivity index is 1.97. The summed E-state index contributed by atoms with van der Waals surface area (Å²) in [6.45, 7) is 1.92. The smallest absolute Gasteiger partial charge is 0.341 e. The number of aryl methyl sites for hydroxylation is 1. The molecule has 2 aromatic rings. The molecule has 0 bridgehead atoms. The number of carbonyl (C=O) groups is 3. The molecule has 2 heterocycles. The number of amides is 3. The first-order chi connectivity index (χ1) is 11.4. The lowest BCUT2D eigenvalue weighted by Crippen LogP contribution is -2.28. The summed E-state index contributed by atoms with van der Waals surface area (Å²) in [4.78, 5) is 34.7. The third kappa shape index (κ3) is 4.12. The van der Waals surface area contributed by atoms with Crippen LogP contribution in [0.3, 0.4) is 0 Å². The van der Waals surface area contributed by atoms with Crippen molar-refractivity contribution in [3.63, 3.8) is 0 Å². The highest BCUT2D eigenvalue weighted by atomic mass is 16.5. The van der Waals surface area contributed by atoms with E-state index in [0.717, 1.165) is 0 Å². The summed E-state index contributed by atoms with van der Waals surface area (Å²) in [6.07, 6.45) is 3.12. The molecule has 0 aromatic carbocycles. The minimum Gasteiger partial charge on any atom is -0.462 e. The molecule has 0 aliphatic carbocycles. The first kappa shape index (κ1) is 17.1. The summed E-state index contributed by atoms with van der Waals surface area (Å²) in [5.41, 5.74) is 5.57. The van der Waals surface area contributed by atoms with Gasteiger partial charge in [-0.3, -0.25) is 4.79 Å². The number of hydrogen-bond acceptors (Lipinski definition) is 6. The quantitative estimate of drug-likeness (QED) is 0.660. The molecule has 3 amide bonds. The molecule has 0 unspecified atom stereocenters. The van der Waals surface area contributed by atoms with Gasteiger partial charge in [0.1, 0.15) is 5.56 Å². The number of urea groups is 1. The van der Waals surface area contributed by atoms with Gasteiger partial charge in [-0.05, 0) is 6.92 Å². The lowest BCUT2D eigenvalue weighted by molar-refractivity contribution is 0.0527. The maximum absolute atomic E-state index is 11.9. The highest BCUT2D eigenvalue weighted by Crippen LogP contribution is 2.17. The van der Waals surface area contributed by atoms with E-state index in [1.165, 1.54) is 6.07 Å². The maximum Gasteiger partial charge on any atom is 0.341 e. The Bertz CT molecular complexity index is 763. The number of ether oxygens (including phenoxy) is 1. The molecular formula is C14H17N5O5. The molecule has 0 aliphatic rings. The molecule has 10 heteroatoms. The second-order valence-corrected chi connectivity index (χ2v) is 4.82. The molecule has 128 valence electrons. The van der Waals surface area contributed by atoms with Gasteiger partial charge >= 0.3 is 12.0 Å². The van der Waals surface area contributed by atoms with Crippen molar-refractivity contribution < 1.29 is 23.6 Å². The molecule has 0 saturated carbocycles. The van der Waals surface area contributed by atoms with E-state index in [1.807, 2.05) is 0 Å². The molecule has 0 aliphatic heterocycles. The number of aromatic nitrogens is 2. The van der Waals surface area contributed by atoms with Gasteiger partial charge < -0.3 is 30.2 Å². The van der Waals surface area contributed by atoms with Crippen molar-refractivity contribution in [2.45, 2.75) is 13.5 Å². The van der Waals surface area contributed by atoms with E-state index in [9.17, 15) is 14.4 Å². The SMILES string of the molecule is CCOC(=O)c1cn(C)cc1NC(=O)NCc1cc(C(N)=O)no1. The van der Waals surface area contributed by atoms with Crippen LogP contribution in [0.5, 0.6) is 0 Å². The topological polar surface area (TPSA) is 141 Å². The van der Waals surface area contributed by atoms with E-state index < -0.39 is 17.9 Å². The Morgan fingerprint density at radius 3 is 2.75 bits per heavy atom. The van der Waals surface area contributed by atoms with Crippen LogP contribution >= 0.6 is 0 Å². The molecule has 4 N–H and O–H groups in total. The zero-order chi connectivity index (χ0) is 17.7. The molecule has 0 fully saturated rings. The summed E-state index contributed by atoms with van der Waals surface area (Å²) in [7, 11) is 1.71. The predicted octanol–water partition coefficient (Wildman–Crippen LogP) is 0.610. The van der Waals surface area contributed by atoms with Gasteiger partial charge in [-0.2, -0.15) is 0 Å². The monoisotopic (exact) mass is 335 g/mol. The number of primary amides is 1. The van der Waals surface area contributed by atoms with Crippen molar-refractivity contribution in [1.82, 2.24) is 15.0 Å². The predicted molar refractivity (Wildman–Crippen MR) is 82.2 cm³/mol. The van der Waals surface area contributed by atoms with Gasteiger partial charge in [-0.25, -0.2) is 9.59 Å². The van der Waals surface area contributed by atoms with E-state index >= 15 is 0 Å². The molecule has 0 saturated heterocycles. The number of esters is 1. The van der Waals surface area contributed by atoms with E-state index in [0.29, 0.717) is 5.69 Å². The van der Waals surface area contributed by atoms with Crippen LogP contribution in [-0.2, 0) is 18.3 Å². The summed E-state index contributed by atoms with van der Waals surface area (Å²) in [5.74, 6) is -0.995. The van der Waals surface area contributed by atoms with Crippen LogP contribution in [-0.4, -0.2) is 34.2 Å². The second-order valence-electron chi connectivity index (χ2n) is 4.82. The third-order valence-electron chi connectivity index (χ3n) is 2.93. The maximum atomic E-state index is 11.9. The van der Waals surface area contributed by atoms with Crippen LogP contribution in [0.1, 0.15) is 33.5 Å². The van der Waals surface area contributed by atoms with Crippen molar-refractivity contribution in [2.24, 2.45) is 12.8 Å². The summed E-state index contributed by atoms with van der Waals surface area (Å²) >= 11 is 0. The molecule has 2 rings (SSSR count). The molecule has 0 atom stereocenters. The third-order valence-corrected chi connectivity index (χ3v) is 2.93. The minimum absolute atomic E-state index is 0.00626. The lowest BCUT2D eigenvalue weighted by atomic mass is 10.3. The van der Waals surface area contributed by atoms with Gasteiger partial charge in [0.2, 0.25) is 0 Å². The van der Waals surface area contributed by atoms with E-state index in [-0.39, 0.29) is 30.2 Å². The molecule has 10 nitrogen and oxygen atoms in total. The molecule has 24 heavy (non-hydrogen) atoms. The fourth-order valence-electron chi connectivity index (χ4n) is 1.90. The van der Waals surface area contributed by atoms with Crippen molar-refractivity contribution in [1.29, 1.82) is 0 Å². The van der Waals surface area contributed by atoms with Crippen molar-refractivity contribution in [3.05, 3.63) is 35.5 Å². The van der Waals surface area contributed by atoms with Crippen LogP contribution in [0, 0.1) is 0 Å². The Morgan fingerprint density at radius 1 is 1.38 bits per heavy atom. The molecule has 2 aromatic heterocycles. The number of anilines is 1. The van der Waals surface area contributed by atoms with Gasteiger partial charge in [0, 0.05) is 25.5 Å². The summed E-state index contributed by atoms with van der Waals surface area (Å²) < 4.78 is 11.4. The first-order valence-electron chi connectivity index (χ1n) is 7.04. The number of nitrogens with zero attached hydrogens (tertiary/aromatic N) is 2. The zero-order valence-corrected chi connectivity index (χ0v) is 13.2. The van der Waals surface area contributed by atoms with Gasteiger partial charge in [0.05, 0.1) is 18.8 Å². The van der Waals surface area contributed by atoms with Gasteiger partial charge in [-0.1, -0.05) is 5.16 Å². The molecule has 0 spiro atoms. The van der Waals surface area contributed by atoms with Gasteiger partial charge in [0.25, 0.3) is 5.91 Å². The fourth-order valence-corrected chi connectivity index (χ4v) is 1.90. The number of hydrogen-bond donors (Lipinski definition) is 3. The second kappa shape index (κ2) is 7.31. The Morgan fingerprint density at radius 2 is 2.12 bits per heavy atom. The Labute approximate surface area is 136 Å². The average molecular weight is 335 g/mol. The van der Waals surface area contributed by atoms with Crippen LogP contribution in [0.2, 0.25) is 0 Å². The van der Waals surface area contributed by atoms with Crippen LogP contribution in [0.4, 0.5) is 10.5 Å². The van der Waals surface area contributed by atoms with Crippen molar-refractivity contribution in [3.8, 4) is 0 Å². The van der Waals surface area contributed by atoms with Crippen LogP contribution in [0.25, 0.3) is 0 Å². The normalized spacial score (nSPS) is 10.2. The highest BCUT2D eigenvalue weighted by Gasteiger charge is 2.17. The zero-order valence-electron chi connectivity index (χ0n) is 13.2. The highest BCUT2D eigenvalue weighted by molar-refractivity contribution is 6.00. The van der Waals surface area contributed by atoms with Crippen molar-refractivity contribution >= 4 is 23.6 Å². The number of nitrogens with one attached hydrogen (secondary N) is 2. The Kier molecular flexibility index (Phi) is 5.20. The number of nitrogens with two attached hydrogens (primary N) is 1. The average Bonchev–Trinajstić information content (AvgIpc) is 3.12. The van der Waals surface area contributed by atoms with Gasteiger partial charge in [0.15, 0.2) is 11.5 Å². The van der Waals surface area contributed by atoms with E-state index in [1.54, 1.807) is 30.9 Å². The Hall–Kier alpha value is -3.30. The van der Waals surface area contributed by atoms with Crippen LogP contribution in [0.15, 0.2) is 23.0 Å². The standard InChI is InChI=1S/C14H17N5O5/c1-3-23-13(21)9-6-19(2)7-11(9)17-14(22)16-5-8-4-10(12(15)20)18-24-8/h4,6-7H,3,5H2,1-2H3,(H2,15,20)(H2,16,17,22). The van der Waals surface area contributed by atoms with Crippen LogP contribution < -0.4 is 16.4 Å².